The average molecular weight is 221 g/mol. The molecule has 0 spiro atoms. The molecule has 14 heavy (non-hydrogen) atoms. The molecule has 0 aliphatic carbocycles. The van der Waals surface area contributed by atoms with Gasteiger partial charge in [-0.15, -0.1) is 0 Å². The van der Waals surface area contributed by atoms with Crippen molar-refractivity contribution in [3.05, 3.63) is 0 Å². The van der Waals surface area contributed by atoms with Crippen LogP contribution in [-0.2, 0) is 4.74 Å². The first-order chi connectivity index (χ1) is 6.62. The minimum Gasteiger partial charge on any atom is -0.370 e. The predicted octanol–water partition coefficient (Wildman–Crippen LogP) is 1.39. The summed E-state index contributed by atoms with van der Waals surface area (Å²) in [7, 11) is 0. The van der Waals surface area contributed by atoms with E-state index >= 15 is 0 Å². The van der Waals surface area contributed by atoms with E-state index in [2.05, 4.69) is 19.2 Å². The molecule has 1 aliphatic rings. The van der Waals surface area contributed by atoms with Gasteiger partial charge in [-0.1, -0.05) is 0 Å². The highest BCUT2D eigenvalue weighted by Crippen LogP contribution is 2.16. The van der Waals surface area contributed by atoms with Crippen LogP contribution in [-0.4, -0.2) is 49.4 Å². The maximum Gasteiger partial charge on any atom is 0.165 e. The van der Waals surface area contributed by atoms with E-state index in [1.165, 1.54) is 0 Å². The Morgan fingerprint density at radius 1 is 1.36 bits per heavy atom. The Morgan fingerprint density at radius 2 is 2.00 bits per heavy atom. The third kappa shape index (κ3) is 4.60. The molecule has 0 unspecified atom stereocenters. The van der Waals surface area contributed by atoms with Gasteiger partial charge in [0.15, 0.2) is 11.8 Å². The van der Waals surface area contributed by atoms with Gasteiger partial charge in [0, 0.05) is 19.0 Å². The third-order valence-electron chi connectivity index (χ3n) is 2.48. The van der Waals surface area contributed by atoms with Crippen molar-refractivity contribution in [2.75, 3.05) is 39.4 Å². The summed E-state index contributed by atoms with van der Waals surface area (Å²) in [4.78, 5) is 0. The molecule has 1 saturated heterocycles. The number of quaternary nitrogens is 1. The standard InChI is InChI=1S/C10H21ClN2O/c1-10(2)12-4-3-5-13(11)6-8-14-9-7-13/h10H,3-9H2,1-2H3/q+1. The summed E-state index contributed by atoms with van der Waals surface area (Å²) in [5.74, 6) is 0. The number of rotatable bonds is 5. The second kappa shape index (κ2) is 5.91. The molecule has 4 heteroatoms. The van der Waals surface area contributed by atoms with Crippen molar-refractivity contribution in [2.45, 2.75) is 26.3 Å². The Kier molecular flexibility index (Phi) is 5.17. The van der Waals surface area contributed by atoms with E-state index in [1.54, 1.807) is 0 Å². The quantitative estimate of drug-likeness (QED) is 0.508. The Bertz CT molecular complexity index is 158. The molecule has 1 rings (SSSR count). The van der Waals surface area contributed by atoms with Crippen molar-refractivity contribution in [1.29, 1.82) is 0 Å². The predicted molar refractivity (Wildman–Crippen MR) is 58.3 cm³/mol. The molecular weight excluding hydrogens is 200 g/mol. The molecule has 0 bridgehead atoms. The molecule has 1 heterocycles. The van der Waals surface area contributed by atoms with Crippen LogP contribution in [0.15, 0.2) is 0 Å². The van der Waals surface area contributed by atoms with Gasteiger partial charge in [0.25, 0.3) is 0 Å². The molecule has 0 amide bonds. The van der Waals surface area contributed by atoms with Gasteiger partial charge < -0.3 is 4.74 Å². The molecule has 3 nitrogen and oxygen atoms in total. The number of hydrogen-bond acceptors (Lipinski definition) is 1. The van der Waals surface area contributed by atoms with Gasteiger partial charge >= 0.3 is 0 Å². The van der Waals surface area contributed by atoms with E-state index in [9.17, 15) is 0 Å². The molecule has 1 fully saturated rings. The second-order valence-electron chi connectivity index (χ2n) is 4.17. The highest BCUT2D eigenvalue weighted by Gasteiger charge is 2.28. The molecule has 0 saturated carbocycles. The largest absolute Gasteiger partial charge is 0.370 e. The fourth-order valence-corrected chi connectivity index (χ4v) is 1.85. The zero-order valence-corrected chi connectivity index (χ0v) is 9.96. The monoisotopic (exact) mass is 220 g/mol. The lowest BCUT2D eigenvalue weighted by Crippen LogP contribution is -2.48. The first-order valence-corrected chi connectivity index (χ1v) is 5.76. The summed E-state index contributed by atoms with van der Waals surface area (Å²) in [5.41, 5.74) is 0. The Labute approximate surface area is 92.1 Å². The minimum absolute atomic E-state index is 0.448. The molecule has 1 radical (unpaired) electrons. The molecule has 0 aromatic heterocycles. The van der Waals surface area contributed by atoms with Crippen LogP contribution in [0.1, 0.15) is 20.3 Å². The van der Waals surface area contributed by atoms with Crippen molar-refractivity contribution in [1.82, 2.24) is 5.32 Å². The van der Waals surface area contributed by atoms with Crippen molar-refractivity contribution < 1.29 is 8.74 Å². The van der Waals surface area contributed by atoms with Gasteiger partial charge in [0.2, 0.25) is 0 Å². The Balaban J connectivity index is 2.09. The fourth-order valence-electron chi connectivity index (χ4n) is 1.60. The smallest absolute Gasteiger partial charge is 0.165 e. The van der Waals surface area contributed by atoms with Gasteiger partial charge in [-0.2, -0.15) is 0 Å². The van der Waals surface area contributed by atoms with Crippen molar-refractivity contribution in [3.8, 4) is 0 Å². The highest BCUT2D eigenvalue weighted by molar-refractivity contribution is 6.06. The summed E-state index contributed by atoms with van der Waals surface area (Å²) >= 11 is 6.41. The normalized spacial score (nSPS) is 21.4. The molecule has 0 atom stereocenters. The maximum atomic E-state index is 6.41. The summed E-state index contributed by atoms with van der Waals surface area (Å²) in [6.45, 7) is 9.63. The van der Waals surface area contributed by atoms with Crippen molar-refractivity contribution in [3.63, 3.8) is 0 Å². The van der Waals surface area contributed by atoms with Gasteiger partial charge in [0.05, 0.1) is 19.8 Å². The summed E-state index contributed by atoms with van der Waals surface area (Å²) in [5, 5.41) is 4.44. The molecule has 0 aromatic carbocycles. The van der Waals surface area contributed by atoms with Crippen LogP contribution >= 0.6 is 11.8 Å². The lowest BCUT2D eigenvalue weighted by molar-refractivity contribution is -0.825. The minimum atomic E-state index is 0.448. The first kappa shape index (κ1) is 12.2. The van der Waals surface area contributed by atoms with E-state index in [0.29, 0.717) is 10.0 Å². The molecule has 0 aromatic rings. The van der Waals surface area contributed by atoms with E-state index in [-0.39, 0.29) is 0 Å². The van der Waals surface area contributed by atoms with Gasteiger partial charge in [0.1, 0.15) is 13.1 Å². The number of morpholine rings is 1. The number of ether oxygens (including phenoxy) is 1. The van der Waals surface area contributed by atoms with Crippen LogP contribution in [0, 0.1) is 0 Å². The van der Waals surface area contributed by atoms with Crippen LogP contribution in [0.2, 0.25) is 0 Å². The summed E-state index contributed by atoms with van der Waals surface area (Å²) < 4.78 is 5.93. The SMILES string of the molecule is CC(C)[N]CCC[N+]1(Cl)CCOCC1. The lowest BCUT2D eigenvalue weighted by Gasteiger charge is -2.32. The van der Waals surface area contributed by atoms with Gasteiger partial charge in [-0.25, -0.2) is 9.32 Å². The molecule has 1 aliphatic heterocycles. The van der Waals surface area contributed by atoms with Gasteiger partial charge in [-0.3, -0.25) is 0 Å². The number of hydrogen-bond donors (Lipinski definition) is 0. The van der Waals surface area contributed by atoms with E-state index < -0.39 is 0 Å². The van der Waals surface area contributed by atoms with E-state index in [1.807, 2.05) is 0 Å². The topological polar surface area (TPSA) is 23.3 Å². The number of halogens is 1. The van der Waals surface area contributed by atoms with E-state index in [4.69, 9.17) is 16.5 Å². The van der Waals surface area contributed by atoms with Crippen LogP contribution in [0.5, 0.6) is 0 Å². The van der Waals surface area contributed by atoms with Crippen LogP contribution in [0.4, 0.5) is 0 Å². The molecule has 83 valence electrons. The zero-order chi connectivity index (χ0) is 10.4. The van der Waals surface area contributed by atoms with Crippen LogP contribution in [0.3, 0.4) is 0 Å². The fraction of sp³-hybridized carbons (Fsp3) is 1.00. The van der Waals surface area contributed by atoms with Crippen LogP contribution < -0.4 is 5.32 Å². The lowest BCUT2D eigenvalue weighted by atomic mass is 10.3. The maximum absolute atomic E-state index is 6.41. The first-order valence-electron chi connectivity index (χ1n) is 5.42. The highest BCUT2D eigenvalue weighted by atomic mass is 35.5. The summed E-state index contributed by atoms with van der Waals surface area (Å²) in [6, 6.07) is 0.448. The molecule has 0 N–H and O–H groups in total. The zero-order valence-electron chi connectivity index (χ0n) is 9.21. The average Bonchev–Trinajstić information content (AvgIpc) is 2.14. The van der Waals surface area contributed by atoms with E-state index in [0.717, 1.165) is 45.8 Å². The Hall–Kier alpha value is 0.170. The van der Waals surface area contributed by atoms with Crippen LogP contribution in [0.25, 0.3) is 0 Å². The molecular formula is C10H21ClN2O+. The van der Waals surface area contributed by atoms with Crippen molar-refractivity contribution in [2.24, 2.45) is 0 Å². The summed E-state index contributed by atoms with van der Waals surface area (Å²) in [6.07, 6.45) is 1.08. The number of nitrogens with zero attached hydrogens (tertiary/aromatic N) is 2. The van der Waals surface area contributed by atoms with Gasteiger partial charge in [-0.05, 0) is 13.8 Å². The van der Waals surface area contributed by atoms with Crippen molar-refractivity contribution >= 4 is 11.8 Å². The second-order valence-corrected chi connectivity index (χ2v) is 4.88. The third-order valence-corrected chi connectivity index (χ3v) is 2.99. The Morgan fingerprint density at radius 3 is 2.57 bits per heavy atom.